The Morgan fingerprint density at radius 3 is 2.67 bits per heavy atom. The van der Waals surface area contributed by atoms with Gasteiger partial charge in [-0.15, -0.1) is 35.3 Å². The first kappa shape index (κ1) is 25.8. The smallest absolute Gasteiger partial charge is 0.190 e. The molecule has 1 aromatic rings. The lowest BCUT2D eigenvalue weighted by molar-refractivity contribution is 0.159. The molecule has 2 aliphatic heterocycles. The molecule has 0 amide bonds. The fourth-order valence-corrected chi connectivity index (χ4v) is 5.10. The maximum atomic E-state index is 4.60. The van der Waals surface area contributed by atoms with E-state index in [1.165, 1.54) is 75.4 Å². The number of hydrogen-bond acceptors (Lipinski definition) is 5. The fourth-order valence-electron chi connectivity index (χ4n) is 4.50. The third kappa shape index (κ3) is 8.59. The largest absolute Gasteiger partial charge is 0.356 e. The van der Waals surface area contributed by atoms with Gasteiger partial charge >= 0.3 is 0 Å². The normalized spacial score (nSPS) is 22.0. The quantitative estimate of drug-likeness (QED) is 0.225. The second-order valence-corrected chi connectivity index (χ2v) is 9.75. The highest BCUT2D eigenvalue weighted by molar-refractivity contribution is 14.0. The fraction of sp³-hybridized carbons (Fsp3) is 0.818. The van der Waals surface area contributed by atoms with Crippen LogP contribution in [-0.2, 0) is 6.54 Å². The minimum atomic E-state index is 0. The molecule has 0 radical (unpaired) electrons. The Balaban J connectivity index is 0.00000320. The summed E-state index contributed by atoms with van der Waals surface area (Å²) in [7, 11) is 1.88. The van der Waals surface area contributed by atoms with Crippen molar-refractivity contribution in [2.75, 3.05) is 46.3 Å². The summed E-state index contributed by atoms with van der Waals surface area (Å²) < 4.78 is 0. The molecule has 0 saturated carbocycles. The number of rotatable bonds is 8. The molecule has 2 fully saturated rings. The number of aromatic nitrogens is 1. The van der Waals surface area contributed by atoms with Crippen LogP contribution in [0.15, 0.2) is 10.4 Å². The molecule has 2 aliphatic rings. The number of aliphatic imine (C=N–C) groups is 1. The van der Waals surface area contributed by atoms with Crippen LogP contribution in [0.4, 0.5) is 0 Å². The summed E-state index contributed by atoms with van der Waals surface area (Å²) >= 11 is 1.75. The van der Waals surface area contributed by atoms with Crippen molar-refractivity contribution in [3.8, 4) is 0 Å². The SMILES string of the molecule is CN=C(NCCCN1CCCCC1C)NCC1CCN(Cc2csc(C)n2)CC1.I. The summed E-state index contributed by atoms with van der Waals surface area (Å²) in [6.45, 7) is 12.3. The van der Waals surface area contributed by atoms with Crippen LogP contribution in [-0.4, -0.2) is 73.1 Å². The lowest BCUT2D eigenvalue weighted by Crippen LogP contribution is -2.44. The van der Waals surface area contributed by atoms with Gasteiger partial charge in [0.05, 0.1) is 10.7 Å². The molecule has 2 saturated heterocycles. The van der Waals surface area contributed by atoms with Crippen molar-refractivity contribution in [2.24, 2.45) is 10.9 Å². The third-order valence-electron chi connectivity index (χ3n) is 6.40. The van der Waals surface area contributed by atoms with Crippen LogP contribution in [0.1, 0.15) is 56.2 Å². The zero-order chi connectivity index (χ0) is 20.5. The van der Waals surface area contributed by atoms with E-state index in [-0.39, 0.29) is 24.0 Å². The molecule has 3 rings (SSSR count). The molecule has 0 aliphatic carbocycles. The monoisotopic (exact) mass is 548 g/mol. The Morgan fingerprint density at radius 2 is 2.00 bits per heavy atom. The molecule has 0 spiro atoms. The first-order valence-electron chi connectivity index (χ1n) is 11.5. The molecule has 1 atom stereocenters. The predicted molar refractivity (Wildman–Crippen MR) is 139 cm³/mol. The van der Waals surface area contributed by atoms with Crippen LogP contribution in [0.5, 0.6) is 0 Å². The van der Waals surface area contributed by atoms with Gasteiger partial charge in [0.25, 0.3) is 0 Å². The summed E-state index contributed by atoms with van der Waals surface area (Å²) in [6, 6.07) is 0.756. The number of aryl methyl sites for hydroxylation is 1. The van der Waals surface area contributed by atoms with Gasteiger partial charge in [-0.25, -0.2) is 4.98 Å². The van der Waals surface area contributed by atoms with Crippen LogP contribution in [0, 0.1) is 12.8 Å². The number of halogens is 1. The molecule has 6 nitrogen and oxygen atoms in total. The topological polar surface area (TPSA) is 55.8 Å². The average molecular weight is 549 g/mol. The second kappa shape index (κ2) is 13.9. The number of nitrogens with one attached hydrogen (secondary N) is 2. The molecule has 8 heteroatoms. The maximum absolute atomic E-state index is 4.60. The van der Waals surface area contributed by atoms with Crippen molar-refractivity contribution in [1.82, 2.24) is 25.4 Å². The Morgan fingerprint density at radius 1 is 1.20 bits per heavy atom. The Bertz CT molecular complexity index is 629. The molecule has 0 bridgehead atoms. The van der Waals surface area contributed by atoms with E-state index in [2.05, 4.69) is 49.6 Å². The lowest BCUT2D eigenvalue weighted by atomic mass is 9.97. The van der Waals surface area contributed by atoms with Crippen LogP contribution >= 0.6 is 35.3 Å². The van der Waals surface area contributed by atoms with Gasteiger partial charge in [0.15, 0.2) is 5.96 Å². The van der Waals surface area contributed by atoms with Crippen LogP contribution in [0.3, 0.4) is 0 Å². The van der Waals surface area contributed by atoms with Crippen molar-refractivity contribution in [3.05, 3.63) is 16.1 Å². The van der Waals surface area contributed by atoms with Crippen LogP contribution in [0.25, 0.3) is 0 Å². The van der Waals surface area contributed by atoms with Crippen molar-refractivity contribution in [3.63, 3.8) is 0 Å². The lowest BCUT2D eigenvalue weighted by Gasteiger charge is -2.33. The zero-order valence-electron chi connectivity index (χ0n) is 19.0. The minimum absolute atomic E-state index is 0. The van der Waals surface area contributed by atoms with Gasteiger partial charge in [-0.1, -0.05) is 6.42 Å². The molecule has 172 valence electrons. The van der Waals surface area contributed by atoms with Crippen LogP contribution in [0.2, 0.25) is 0 Å². The number of likely N-dealkylation sites (tertiary alicyclic amines) is 2. The van der Waals surface area contributed by atoms with E-state index in [9.17, 15) is 0 Å². The Kier molecular flexibility index (Phi) is 11.9. The van der Waals surface area contributed by atoms with E-state index in [0.717, 1.165) is 37.6 Å². The maximum Gasteiger partial charge on any atom is 0.190 e. The average Bonchev–Trinajstić information content (AvgIpc) is 3.14. The van der Waals surface area contributed by atoms with E-state index in [1.54, 1.807) is 11.3 Å². The summed E-state index contributed by atoms with van der Waals surface area (Å²) in [6.07, 6.45) is 7.80. The highest BCUT2D eigenvalue weighted by Crippen LogP contribution is 2.19. The van der Waals surface area contributed by atoms with Crippen molar-refractivity contribution in [2.45, 2.75) is 65.0 Å². The van der Waals surface area contributed by atoms with Crippen LogP contribution < -0.4 is 10.6 Å². The first-order chi connectivity index (χ1) is 14.1. The Labute approximate surface area is 204 Å². The predicted octanol–water partition coefficient (Wildman–Crippen LogP) is 3.71. The number of guanidine groups is 1. The van der Waals surface area contributed by atoms with Gasteiger partial charge in [0, 0.05) is 44.6 Å². The van der Waals surface area contributed by atoms with Gasteiger partial charge in [0.1, 0.15) is 0 Å². The van der Waals surface area contributed by atoms with Crippen molar-refractivity contribution < 1.29 is 0 Å². The number of hydrogen-bond donors (Lipinski definition) is 2. The van der Waals surface area contributed by atoms with Gasteiger partial charge in [-0.2, -0.15) is 0 Å². The molecular weight excluding hydrogens is 507 g/mol. The number of nitrogens with zero attached hydrogens (tertiary/aromatic N) is 4. The molecule has 1 unspecified atom stereocenters. The summed E-state index contributed by atoms with van der Waals surface area (Å²) in [4.78, 5) is 14.2. The molecule has 3 heterocycles. The van der Waals surface area contributed by atoms with Gasteiger partial charge in [-0.3, -0.25) is 9.89 Å². The molecule has 2 N–H and O–H groups in total. The summed E-state index contributed by atoms with van der Waals surface area (Å²) in [5.41, 5.74) is 1.23. The van der Waals surface area contributed by atoms with Gasteiger partial charge in [0.2, 0.25) is 0 Å². The highest BCUT2D eigenvalue weighted by Gasteiger charge is 2.20. The minimum Gasteiger partial charge on any atom is -0.356 e. The number of thiazole rings is 1. The zero-order valence-corrected chi connectivity index (χ0v) is 22.2. The molecular formula is C22H41IN6S. The second-order valence-electron chi connectivity index (χ2n) is 8.69. The van der Waals surface area contributed by atoms with Crippen molar-refractivity contribution >= 4 is 41.3 Å². The third-order valence-corrected chi connectivity index (χ3v) is 7.22. The van der Waals surface area contributed by atoms with Gasteiger partial charge in [-0.05, 0) is 71.5 Å². The first-order valence-corrected chi connectivity index (χ1v) is 12.3. The molecule has 1 aromatic heterocycles. The highest BCUT2D eigenvalue weighted by atomic mass is 127. The van der Waals surface area contributed by atoms with Gasteiger partial charge < -0.3 is 15.5 Å². The van der Waals surface area contributed by atoms with Crippen molar-refractivity contribution in [1.29, 1.82) is 0 Å². The number of piperidine rings is 2. The van der Waals surface area contributed by atoms with E-state index in [0.29, 0.717) is 0 Å². The standard InChI is InChI=1S/C22H40N6S.HI/c1-18-7-4-5-11-28(18)12-6-10-24-22(23-3)25-15-20-8-13-27(14-9-20)16-21-17-29-19(2)26-21;/h17-18,20H,4-16H2,1-3H3,(H2,23,24,25);1H. The van der Waals surface area contributed by atoms with E-state index < -0.39 is 0 Å². The molecule has 30 heavy (non-hydrogen) atoms. The van der Waals surface area contributed by atoms with E-state index >= 15 is 0 Å². The molecule has 0 aromatic carbocycles. The summed E-state index contributed by atoms with van der Waals surface area (Å²) in [5.74, 6) is 1.69. The Hall–Kier alpha value is -0.450. The van der Waals surface area contributed by atoms with E-state index in [1.807, 2.05) is 7.05 Å². The van der Waals surface area contributed by atoms with E-state index in [4.69, 9.17) is 0 Å². The summed E-state index contributed by atoms with van der Waals surface area (Å²) in [5, 5.41) is 10.4.